The van der Waals surface area contributed by atoms with Crippen molar-refractivity contribution in [1.82, 2.24) is 4.98 Å². The first-order chi connectivity index (χ1) is 9.51. The van der Waals surface area contributed by atoms with Crippen molar-refractivity contribution in [2.45, 2.75) is 33.1 Å². The van der Waals surface area contributed by atoms with Crippen LogP contribution in [-0.4, -0.2) is 4.98 Å². The molecule has 0 atom stereocenters. The lowest BCUT2D eigenvalue weighted by Crippen LogP contribution is -2.15. The molecule has 3 nitrogen and oxygen atoms in total. The van der Waals surface area contributed by atoms with E-state index in [1.54, 1.807) is 13.0 Å². The van der Waals surface area contributed by atoms with E-state index in [0.717, 1.165) is 5.56 Å². The van der Waals surface area contributed by atoms with Gasteiger partial charge in [-0.25, -0.2) is 0 Å². The lowest BCUT2D eigenvalue weighted by molar-refractivity contribution is 0.865. The van der Waals surface area contributed by atoms with Gasteiger partial charge in [-0.1, -0.05) is 38.1 Å². The van der Waals surface area contributed by atoms with Gasteiger partial charge < -0.3 is 4.98 Å². The third kappa shape index (κ3) is 2.97. The highest BCUT2D eigenvalue weighted by Crippen LogP contribution is 2.16. The zero-order valence-electron chi connectivity index (χ0n) is 12.0. The molecule has 0 saturated heterocycles. The molecule has 0 spiro atoms. The van der Waals surface area contributed by atoms with Gasteiger partial charge in [0.15, 0.2) is 0 Å². The molecule has 1 aromatic carbocycles. The van der Waals surface area contributed by atoms with E-state index >= 15 is 0 Å². The molecule has 1 N–H and O–H groups in total. The van der Waals surface area contributed by atoms with Gasteiger partial charge in [-0.2, -0.15) is 5.26 Å². The first kappa shape index (κ1) is 14.1. The molecule has 0 amide bonds. The third-order valence-corrected chi connectivity index (χ3v) is 3.48. The molecule has 0 unspecified atom stereocenters. The van der Waals surface area contributed by atoms with Gasteiger partial charge in [-0.15, -0.1) is 0 Å². The van der Waals surface area contributed by atoms with Gasteiger partial charge in [0.25, 0.3) is 5.56 Å². The van der Waals surface area contributed by atoms with Crippen LogP contribution in [0, 0.1) is 18.3 Å². The van der Waals surface area contributed by atoms with E-state index in [-0.39, 0.29) is 5.56 Å². The van der Waals surface area contributed by atoms with Gasteiger partial charge in [0.05, 0.1) is 5.56 Å². The smallest absolute Gasteiger partial charge is 0.251 e. The number of nitriles is 1. The van der Waals surface area contributed by atoms with E-state index < -0.39 is 0 Å². The summed E-state index contributed by atoms with van der Waals surface area (Å²) in [7, 11) is 0. The molecule has 0 saturated carbocycles. The van der Waals surface area contributed by atoms with Crippen LogP contribution in [0.1, 0.15) is 47.7 Å². The van der Waals surface area contributed by atoms with Gasteiger partial charge in [0.1, 0.15) is 6.07 Å². The Kier molecular flexibility index (Phi) is 4.05. The SMILES string of the molecule is Cc1[nH]c(=O)c(Cc2ccc(C(C)C)cc2)cc1C#N. The average Bonchev–Trinajstić information content (AvgIpc) is 2.42. The van der Waals surface area contributed by atoms with Crippen molar-refractivity contribution < 1.29 is 0 Å². The molecule has 0 fully saturated rings. The van der Waals surface area contributed by atoms with Gasteiger partial charge in [0.2, 0.25) is 0 Å². The number of aryl methyl sites for hydroxylation is 1. The molecule has 2 aromatic rings. The lowest BCUT2D eigenvalue weighted by atomic mass is 9.99. The minimum absolute atomic E-state index is 0.116. The Labute approximate surface area is 118 Å². The van der Waals surface area contributed by atoms with Crippen molar-refractivity contribution in [3.8, 4) is 6.07 Å². The number of rotatable bonds is 3. The number of nitrogens with zero attached hydrogens (tertiary/aromatic N) is 1. The fourth-order valence-electron chi connectivity index (χ4n) is 2.15. The second-order valence-electron chi connectivity index (χ2n) is 5.35. The molecule has 0 radical (unpaired) electrons. The molecule has 0 bridgehead atoms. The molecule has 1 heterocycles. The minimum Gasteiger partial charge on any atom is -0.325 e. The Hall–Kier alpha value is -2.34. The van der Waals surface area contributed by atoms with Gasteiger partial charge in [0, 0.05) is 17.7 Å². The van der Waals surface area contributed by atoms with E-state index in [0.29, 0.717) is 29.2 Å². The number of nitrogens with one attached hydrogen (secondary N) is 1. The van der Waals surface area contributed by atoms with Crippen molar-refractivity contribution in [1.29, 1.82) is 5.26 Å². The van der Waals surface area contributed by atoms with E-state index in [9.17, 15) is 4.79 Å². The lowest BCUT2D eigenvalue weighted by Gasteiger charge is -2.07. The Morgan fingerprint density at radius 3 is 2.45 bits per heavy atom. The van der Waals surface area contributed by atoms with Crippen LogP contribution in [0.25, 0.3) is 0 Å². The van der Waals surface area contributed by atoms with Crippen LogP contribution in [0.2, 0.25) is 0 Å². The minimum atomic E-state index is -0.116. The molecule has 0 aliphatic heterocycles. The predicted molar refractivity (Wildman–Crippen MR) is 79.9 cm³/mol. The largest absolute Gasteiger partial charge is 0.325 e. The molecule has 3 heteroatoms. The number of aromatic amines is 1. The van der Waals surface area contributed by atoms with Crippen molar-refractivity contribution >= 4 is 0 Å². The van der Waals surface area contributed by atoms with E-state index in [2.05, 4.69) is 37.0 Å². The van der Waals surface area contributed by atoms with Crippen molar-refractivity contribution in [3.63, 3.8) is 0 Å². The summed E-state index contributed by atoms with van der Waals surface area (Å²) < 4.78 is 0. The molecule has 1 aromatic heterocycles. The summed E-state index contributed by atoms with van der Waals surface area (Å²) in [4.78, 5) is 14.7. The molecule has 0 aliphatic carbocycles. The van der Waals surface area contributed by atoms with Crippen LogP contribution in [0.4, 0.5) is 0 Å². The first-order valence-electron chi connectivity index (χ1n) is 6.73. The Bertz CT molecular complexity index is 703. The second kappa shape index (κ2) is 5.75. The normalized spacial score (nSPS) is 10.6. The average molecular weight is 266 g/mol. The summed E-state index contributed by atoms with van der Waals surface area (Å²) in [6.07, 6.45) is 0.544. The number of hydrogen-bond donors (Lipinski definition) is 1. The van der Waals surface area contributed by atoms with Crippen LogP contribution >= 0.6 is 0 Å². The van der Waals surface area contributed by atoms with Crippen molar-refractivity contribution in [2.75, 3.05) is 0 Å². The van der Waals surface area contributed by atoms with Gasteiger partial charge in [-0.3, -0.25) is 4.79 Å². The molecule has 102 valence electrons. The quantitative estimate of drug-likeness (QED) is 0.927. The number of aromatic nitrogens is 1. The maximum absolute atomic E-state index is 11.9. The highest BCUT2D eigenvalue weighted by Gasteiger charge is 2.07. The standard InChI is InChI=1S/C17H18N2O/c1-11(2)14-6-4-13(5-7-14)8-15-9-16(10-18)12(3)19-17(15)20/h4-7,9,11H,8H2,1-3H3,(H,19,20). The predicted octanol–water partition coefficient (Wildman–Crippen LogP) is 3.27. The maximum Gasteiger partial charge on any atom is 0.251 e. The van der Waals surface area contributed by atoms with Crippen LogP contribution in [0.5, 0.6) is 0 Å². The topological polar surface area (TPSA) is 56.6 Å². The summed E-state index contributed by atoms with van der Waals surface area (Å²) >= 11 is 0. The zero-order chi connectivity index (χ0) is 14.7. The summed E-state index contributed by atoms with van der Waals surface area (Å²) in [5.74, 6) is 0.497. The maximum atomic E-state index is 11.9. The van der Waals surface area contributed by atoms with Crippen LogP contribution in [0.15, 0.2) is 35.1 Å². The zero-order valence-corrected chi connectivity index (χ0v) is 12.0. The highest BCUT2D eigenvalue weighted by atomic mass is 16.1. The number of benzene rings is 1. The molecule has 2 rings (SSSR count). The van der Waals surface area contributed by atoms with Crippen molar-refractivity contribution in [2.24, 2.45) is 0 Å². The monoisotopic (exact) mass is 266 g/mol. The van der Waals surface area contributed by atoms with E-state index in [1.807, 2.05) is 12.1 Å². The second-order valence-corrected chi connectivity index (χ2v) is 5.35. The Morgan fingerprint density at radius 1 is 1.25 bits per heavy atom. The summed E-state index contributed by atoms with van der Waals surface area (Å²) in [6.45, 7) is 6.04. The summed E-state index contributed by atoms with van der Waals surface area (Å²) in [5.41, 5.74) is 4.02. The molecular weight excluding hydrogens is 248 g/mol. The molecule has 0 aliphatic rings. The number of H-pyrrole nitrogens is 1. The molecular formula is C17H18N2O. The van der Waals surface area contributed by atoms with E-state index in [4.69, 9.17) is 5.26 Å². The fourth-order valence-corrected chi connectivity index (χ4v) is 2.15. The van der Waals surface area contributed by atoms with E-state index in [1.165, 1.54) is 5.56 Å². The third-order valence-electron chi connectivity index (χ3n) is 3.48. The number of hydrogen-bond acceptors (Lipinski definition) is 2. The number of pyridine rings is 1. The summed E-state index contributed by atoms with van der Waals surface area (Å²) in [6, 6.07) is 12.1. The molecule has 20 heavy (non-hydrogen) atoms. The fraction of sp³-hybridized carbons (Fsp3) is 0.294. The Morgan fingerprint density at radius 2 is 1.90 bits per heavy atom. The highest BCUT2D eigenvalue weighted by molar-refractivity contribution is 5.37. The van der Waals surface area contributed by atoms with Gasteiger partial charge >= 0.3 is 0 Å². The summed E-state index contributed by atoms with van der Waals surface area (Å²) in [5, 5.41) is 9.03. The first-order valence-corrected chi connectivity index (χ1v) is 6.73. The Balaban J connectivity index is 2.30. The van der Waals surface area contributed by atoms with Crippen LogP contribution in [-0.2, 0) is 6.42 Å². The van der Waals surface area contributed by atoms with Gasteiger partial charge in [-0.05, 0) is 30.0 Å². The van der Waals surface area contributed by atoms with Crippen LogP contribution in [0.3, 0.4) is 0 Å². The van der Waals surface area contributed by atoms with Crippen molar-refractivity contribution in [3.05, 3.63) is 68.6 Å². The van der Waals surface area contributed by atoms with Crippen LogP contribution < -0.4 is 5.56 Å².